The minimum Gasteiger partial charge on any atom is -0.312 e. The van der Waals surface area contributed by atoms with E-state index in [1.807, 2.05) is 0 Å². The number of hydrogen-bond acceptors (Lipinski definition) is 6. The van der Waals surface area contributed by atoms with Gasteiger partial charge in [-0.15, -0.1) is 0 Å². The third-order valence-electron chi connectivity index (χ3n) is 2.48. The molecule has 0 amide bonds. The molecule has 0 saturated carbocycles. The molecule has 6 nitrogen and oxygen atoms in total. The minimum atomic E-state index is -2.91. The maximum absolute atomic E-state index is 11.7. The van der Waals surface area contributed by atoms with Crippen molar-refractivity contribution in [2.45, 2.75) is 19.3 Å². The van der Waals surface area contributed by atoms with Crippen molar-refractivity contribution in [3.05, 3.63) is 0 Å². The Labute approximate surface area is 103 Å². The molecular weight excluding hydrogens is 266 g/mol. The molecule has 0 spiro atoms. The van der Waals surface area contributed by atoms with Crippen LogP contribution in [0.3, 0.4) is 0 Å². The Balaban J connectivity index is 3.80. The highest BCUT2D eigenvalue weighted by atomic mass is 31.2. The van der Waals surface area contributed by atoms with Crippen molar-refractivity contribution in [2.24, 2.45) is 0 Å². The maximum atomic E-state index is 11.7. The zero-order chi connectivity index (χ0) is 13.4. The van der Waals surface area contributed by atoms with Gasteiger partial charge in [0.2, 0.25) is 0 Å². The van der Waals surface area contributed by atoms with E-state index < -0.39 is 15.2 Å². The first-order valence-corrected chi connectivity index (χ1v) is 8.82. The van der Waals surface area contributed by atoms with Crippen LogP contribution in [0.1, 0.15) is 19.3 Å². The van der Waals surface area contributed by atoms with Gasteiger partial charge in [-0.3, -0.25) is 9.13 Å². The largest absolute Gasteiger partial charge is 0.330 e. The summed E-state index contributed by atoms with van der Waals surface area (Å²) >= 11 is 0. The molecule has 0 radical (unpaired) electrons. The van der Waals surface area contributed by atoms with Crippen LogP contribution < -0.4 is 0 Å². The molecule has 8 heteroatoms. The Hall–Kier alpha value is 0.300. The molecule has 0 aromatic carbocycles. The van der Waals surface area contributed by atoms with E-state index in [2.05, 4.69) is 0 Å². The fourth-order valence-electron chi connectivity index (χ4n) is 1.30. The third kappa shape index (κ3) is 6.70. The molecule has 0 aliphatic rings. The summed E-state index contributed by atoms with van der Waals surface area (Å²) in [6.07, 6.45) is 2.88. The molecule has 17 heavy (non-hydrogen) atoms. The SMILES string of the molecule is COP(=O)(CCCCCP(=O)(OC)OC)OC. The first-order chi connectivity index (χ1) is 7.95. The number of hydrogen-bond donors (Lipinski definition) is 0. The van der Waals surface area contributed by atoms with E-state index in [0.29, 0.717) is 25.2 Å². The number of unbranched alkanes of at least 4 members (excludes halogenated alkanes) is 2. The van der Waals surface area contributed by atoms with Crippen LogP contribution in [0.15, 0.2) is 0 Å². The predicted octanol–water partition coefficient (Wildman–Crippen LogP) is 3.13. The lowest BCUT2D eigenvalue weighted by Crippen LogP contribution is -1.98. The Morgan fingerprint density at radius 1 is 0.647 bits per heavy atom. The monoisotopic (exact) mass is 288 g/mol. The van der Waals surface area contributed by atoms with Crippen LogP contribution in [0.2, 0.25) is 0 Å². The van der Waals surface area contributed by atoms with Gasteiger partial charge in [-0.25, -0.2) is 0 Å². The zero-order valence-corrected chi connectivity index (χ0v) is 12.7. The van der Waals surface area contributed by atoms with Crippen molar-refractivity contribution >= 4 is 15.2 Å². The van der Waals surface area contributed by atoms with E-state index in [1.54, 1.807) is 0 Å². The summed E-state index contributed by atoms with van der Waals surface area (Å²) in [5, 5.41) is 0. The molecule has 0 bridgehead atoms. The summed E-state index contributed by atoms with van der Waals surface area (Å²) < 4.78 is 42.6. The van der Waals surface area contributed by atoms with Crippen LogP contribution in [0.5, 0.6) is 0 Å². The fraction of sp³-hybridized carbons (Fsp3) is 1.00. The molecule has 0 aliphatic heterocycles. The van der Waals surface area contributed by atoms with Gasteiger partial charge in [0, 0.05) is 28.4 Å². The summed E-state index contributed by atoms with van der Waals surface area (Å²) in [4.78, 5) is 0. The van der Waals surface area contributed by atoms with E-state index in [0.717, 1.165) is 6.42 Å². The number of rotatable bonds is 10. The van der Waals surface area contributed by atoms with Crippen molar-refractivity contribution in [3.63, 3.8) is 0 Å². The molecule has 104 valence electrons. The lowest BCUT2D eigenvalue weighted by molar-refractivity contribution is 0.273. The quantitative estimate of drug-likeness (QED) is 0.454. The second-order valence-corrected chi connectivity index (χ2v) is 8.26. The average molecular weight is 288 g/mol. The maximum Gasteiger partial charge on any atom is 0.330 e. The smallest absolute Gasteiger partial charge is 0.312 e. The highest BCUT2D eigenvalue weighted by Crippen LogP contribution is 2.48. The molecule has 0 atom stereocenters. The van der Waals surface area contributed by atoms with Crippen LogP contribution in [0, 0.1) is 0 Å². The van der Waals surface area contributed by atoms with Crippen molar-refractivity contribution in [2.75, 3.05) is 40.8 Å². The molecule has 0 aromatic heterocycles. The Morgan fingerprint density at radius 3 is 1.18 bits per heavy atom. The summed E-state index contributed by atoms with van der Waals surface area (Å²) in [5.74, 6) is 0. The Morgan fingerprint density at radius 2 is 0.941 bits per heavy atom. The fourth-order valence-corrected chi connectivity index (χ4v) is 3.55. The second kappa shape index (κ2) is 8.41. The molecule has 0 aliphatic carbocycles. The third-order valence-corrected chi connectivity index (χ3v) is 6.43. The molecule has 0 aromatic rings. The lowest BCUT2D eigenvalue weighted by Gasteiger charge is -2.14. The van der Waals surface area contributed by atoms with Crippen LogP contribution >= 0.6 is 15.2 Å². The average Bonchev–Trinajstić information content (AvgIpc) is 2.37. The van der Waals surface area contributed by atoms with Crippen molar-refractivity contribution in [1.82, 2.24) is 0 Å². The van der Waals surface area contributed by atoms with E-state index >= 15 is 0 Å². The summed E-state index contributed by atoms with van der Waals surface area (Å²) in [7, 11) is -0.337. The van der Waals surface area contributed by atoms with Crippen LogP contribution in [-0.2, 0) is 27.2 Å². The van der Waals surface area contributed by atoms with Gasteiger partial charge >= 0.3 is 15.2 Å². The lowest BCUT2D eigenvalue weighted by atomic mass is 10.3. The van der Waals surface area contributed by atoms with E-state index in [9.17, 15) is 9.13 Å². The van der Waals surface area contributed by atoms with Gasteiger partial charge in [0.25, 0.3) is 0 Å². The van der Waals surface area contributed by atoms with Gasteiger partial charge in [-0.1, -0.05) is 6.42 Å². The van der Waals surface area contributed by atoms with Crippen molar-refractivity contribution in [1.29, 1.82) is 0 Å². The molecule has 0 unspecified atom stereocenters. The van der Waals surface area contributed by atoms with E-state index in [4.69, 9.17) is 18.1 Å². The summed E-state index contributed by atoms with van der Waals surface area (Å²) in [5.41, 5.74) is 0. The normalized spacial score (nSPS) is 12.9. The molecule has 0 saturated heterocycles. The highest BCUT2D eigenvalue weighted by Gasteiger charge is 2.22. The highest BCUT2D eigenvalue weighted by molar-refractivity contribution is 7.54. The Kier molecular flexibility index (Phi) is 8.56. The minimum absolute atomic E-state index is 0.365. The van der Waals surface area contributed by atoms with Gasteiger partial charge in [-0.2, -0.15) is 0 Å². The van der Waals surface area contributed by atoms with Gasteiger partial charge in [0.15, 0.2) is 0 Å². The molecular formula is C9H22O6P2. The van der Waals surface area contributed by atoms with Crippen molar-refractivity contribution < 1.29 is 27.2 Å². The second-order valence-electron chi connectivity index (χ2n) is 3.46. The standard InChI is InChI=1S/C9H22O6P2/c1-12-16(10,13-2)8-6-5-7-9-17(11,14-3)15-4/h5-9H2,1-4H3. The van der Waals surface area contributed by atoms with Crippen LogP contribution in [-0.4, -0.2) is 40.8 Å². The van der Waals surface area contributed by atoms with E-state index in [1.165, 1.54) is 28.4 Å². The topological polar surface area (TPSA) is 71.1 Å². The van der Waals surface area contributed by atoms with E-state index in [-0.39, 0.29) is 0 Å². The summed E-state index contributed by atoms with van der Waals surface area (Å²) in [6, 6.07) is 0. The van der Waals surface area contributed by atoms with Crippen LogP contribution in [0.25, 0.3) is 0 Å². The molecule has 0 fully saturated rings. The molecule has 0 rings (SSSR count). The predicted molar refractivity (Wildman–Crippen MR) is 66.8 cm³/mol. The summed E-state index contributed by atoms with van der Waals surface area (Å²) in [6.45, 7) is 0. The van der Waals surface area contributed by atoms with Gasteiger partial charge in [0.1, 0.15) is 0 Å². The van der Waals surface area contributed by atoms with Crippen LogP contribution in [0.4, 0.5) is 0 Å². The van der Waals surface area contributed by atoms with Gasteiger partial charge in [0.05, 0.1) is 12.3 Å². The zero-order valence-electron chi connectivity index (χ0n) is 10.9. The molecule has 0 heterocycles. The van der Waals surface area contributed by atoms with Crippen molar-refractivity contribution in [3.8, 4) is 0 Å². The van der Waals surface area contributed by atoms with Gasteiger partial charge < -0.3 is 18.1 Å². The van der Waals surface area contributed by atoms with Gasteiger partial charge in [-0.05, 0) is 12.8 Å². The molecule has 0 N–H and O–H groups in total. The first-order valence-electron chi connectivity index (χ1n) is 5.36. The Bertz CT molecular complexity index is 249. The first kappa shape index (κ1) is 17.3.